The summed E-state index contributed by atoms with van der Waals surface area (Å²) in [6.07, 6.45) is 4.33. The van der Waals surface area contributed by atoms with Crippen LogP contribution in [0.3, 0.4) is 0 Å². The van der Waals surface area contributed by atoms with Gasteiger partial charge in [0.2, 0.25) is 11.8 Å². The van der Waals surface area contributed by atoms with Gasteiger partial charge in [0.15, 0.2) is 0 Å². The van der Waals surface area contributed by atoms with Crippen molar-refractivity contribution in [2.75, 3.05) is 39.8 Å². The second kappa shape index (κ2) is 10.4. The lowest BCUT2D eigenvalue weighted by Gasteiger charge is -2.37. The molecule has 1 atom stereocenters. The lowest BCUT2D eigenvalue weighted by atomic mass is 10.00. The Hall–Kier alpha value is -0.560. The van der Waals surface area contributed by atoms with Gasteiger partial charge in [-0.05, 0) is 52.6 Å². The molecule has 2 rings (SSSR count). The first-order valence-corrected chi connectivity index (χ1v) is 8.46. The predicted molar refractivity (Wildman–Crippen MR) is 101 cm³/mol. The van der Waals surface area contributed by atoms with E-state index in [4.69, 9.17) is 0 Å². The van der Waals surface area contributed by atoms with Gasteiger partial charge in [-0.25, -0.2) is 0 Å². The Balaban J connectivity index is 0.00000264. The van der Waals surface area contributed by atoms with Crippen LogP contribution < -0.4 is 10.6 Å². The maximum atomic E-state index is 12.5. The minimum absolute atomic E-state index is 0. The van der Waals surface area contributed by atoms with E-state index in [1.165, 1.54) is 12.8 Å². The Bertz CT molecular complexity index is 415. The van der Waals surface area contributed by atoms with Crippen molar-refractivity contribution in [1.29, 1.82) is 0 Å². The summed E-state index contributed by atoms with van der Waals surface area (Å²) in [6, 6.07) is -0.189. The minimum atomic E-state index is -0.651. The van der Waals surface area contributed by atoms with Crippen molar-refractivity contribution >= 4 is 36.6 Å². The Morgan fingerprint density at radius 3 is 2.29 bits per heavy atom. The summed E-state index contributed by atoms with van der Waals surface area (Å²) >= 11 is 0. The van der Waals surface area contributed by atoms with Crippen LogP contribution in [-0.4, -0.2) is 73.0 Å². The van der Waals surface area contributed by atoms with E-state index in [0.717, 1.165) is 39.0 Å². The molecule has 0 bridgehead atoms. The van der Waals surface area contributed by atoms with Gasteiger partial charge in [-0.3, -0.25) is 14.5 Å². The highest BCUT2D eigenvalue weighted by atomic mass is 35.5. The molecule has 24 heavy (non-hydrogen) atoms. The van der Waals surface area contributed by atoms with Crippen molar-refractivity contribution < 1.29 is 9.59 Å². The van der Waals surface area contributed by atoms with Gasteiger partial charge in [-0.2, -0.15) is 0 Å². The van der Waals surface area contributed by atoms with Gasteiger partial charge in [0, 0.05) is 26.7 Å². The molecule has 0 aliphatic carbocycles. The van der Waals surface area contributed by atoms with Crippen LogP contribution in [0, 0.1) is 0 Å². The Kier molecular flexibility index (Phi) is 10.2. The molecule has 0 aromatic heterocycles. The SMILES string of the molecule is CNC(=O)C(C)(C)N1CCC[C@H]1C(=O)NCCN1CCCC1.Cl.Cl. The fourth-order valence-electron chi connectivity index (χ4n) is 3.61. The molecule has 8 heteroatoms. The molecule has 0 radical (unpaired) electrons. The van der Waals surface area contributed by atoms with E-state index in [1.54, 1.807) is 7.05 Å². The maximum Gasteiger partial charge on any atom is 0.239 e. The molecule has 2 saturated heterocycles. The number of amides is 2. The van der Waals surface area contributed by atoms with Crippen LogP contribution in [-0.2, 0) is 9.59 Å². The molecular formula is C16H32Cl2N4O2. The van der Waals surface area contributed by atoms with E-state index in [1.807, 2.05) is 18.7 Å². The van der Waals surface area contributed by atoms with Crippen molar-refractivity contribution in [1.82, 2.24) is 20.4 Å². The lowest BCUT2D eigenvalue weighted by molar-refractivity contribution is -0.135. The number of likely N-dealkylation sites (tertiary alicyclic amines) is 2. The van der Waals surface area contributed by atoms with E-state index in [-0.39, 0.29) is 42.7 Å². The zero-order chi connectivity index (χ0) is 16.2. The third-order valence-corrected chi connectivity index (χ3v) is 4.98. The summed E-state index contributed by atoms with van der Waals surface area (Å²) in [5.74, 6) is 0.0259. The second-order valence-electron chi connectivity index (χ2n) is 6.83. The van der Waals surface area contributed by atoms with Gasteiger partial charge >= 0.3 is 0 Å². The van der Waals surface area contributed by atoms with E-state index in [2.05, 4.69) is 15.5 Å². The number of halogens is 2. The highest BCUT2D eigenvalue weighted by Crippen LogP contribution is 2.27. The van der Waals surface area contributed by atoms with Gasteiger partial charge in [0.25, 0.3) is 0 Å². The number of nitrogens with zero attached hydrogens (tertiary/aromatic N) is 2. The summed E-state index contributed by atoms with van der Waals surface area (Å²) in [7, 11) is 1.64. The molecule has 2 fully saturated rings. The van der Waals surface area contributed by atoms with Crippen LogP contribution >= 0.6 is 24.8 Å². The van der Waals surface area contributed by atoms with Gasteiger partial charge in [0.05, 0.1) is 11.6 Å². The number of hydrogen-bond donors (Lipinski definition) is 2. The van der Waals surface area contributed by atoms with Crippen LogP contribution in [0.25, 0.3) is 0 Å². The quantitative estimate of drug-likeness (QED) is 0.719. The number of hydrogen-bond acceptors (Lipinski definition) is 4. The van der Waals surface area contributed by atoms with E-state index < -0.39 is 5.54 Å². The zero-order valence-electron chi connectivity index (χ0n) is 15.0. The number of rotatable bonds is 6. The van der Waals surface area contributed by atoms with Gasteiger partial charge < -0.3 is 15.5 Å². The van der Waals surface area contributed by atoms with Crippen molar-refractivity contribution in [2.24, 2.45) is 0 Å². The van der Waals surface area contributed by atoms with Crippen LogP contribution in [0.5, 0.6) is 0 Å². The van der Waals surface area contributed by atoms with Crippen LogP contribution in [0.1, 0.15) is 39.5 Å². The largest absolute Gasteiger partial charge is 0.358 e. The molecule has 2 aliphatic rings. The average molecular weight is 383 g/mol. The van der Waals surface area contributed by atoms with Gasteiger partial charge in [0.1, 0.15) is 0 Å². The number of carbonyl (C=O) groups excluding carboxylic acids is 2. The molecule has 2 amide bonds. The number of likely N-dealkylation sites (N-methyl/N-ethyl adjacent to an activating group) is 1. The van der Waals surface area contributed by atoms with Gasteiger partial charge in [-0.15, -0.1) is 24.8 Å². The molecule has 0 saturated carbocycles. The van der Waals surface area contributed by atoms with Crippen LogP contribution in [0.2, 0.25) is 0 Å². The fourth-order valence-corrected chi connectivity index (χ4v) is 3.61. The molecule has 142 valence electrons. The zero-order valence-corrected chi connectivity index (χ0v) is 16.6. The molecule has 6 nitrogen and oxygen atoms in total. The Morgan fingerprint density at radius 2 is 1.71 bits per heavy atom. The average Bonchev–Trinajstić information content (AvgIpc) is 3.17. The van der Waals surface area contributed by atoms with Crippen molar-refractivity contribution in [3.8, 4) is 0 Å². The summed E-state index contributed by atoms with van der Waals surface area (Å²) in [6.45, 7) is 8.50. The molecule has 2 aliphatic heterocycles. The molecule has 2 heterocycles. The summed E-state index contributed by atoms with van der Waals surface area (Å²) < 4.78 is 0. The lowest BCUT2D eigenvalue weighted by Crippen LogP contribution is -2.59. The number of carbonyl (C=O) groups is 2. The normalized spacial score (nSPS) is 21.7. The van der Waals surface area contributed by atoms with Crippen molar-refractivity contribution in [2.45, 2.75) is 51.1 Å². The monoisotopic (exact) mass is 382 g/mol. The molecular weight excluding hydrogens is 351 g/mol. The summed E-state index contributed by atoms with van der Waals surface area (Å²) in [5, 5.41) is 5.76. The van der Waals surface area contributed by atoms with Gasteiger partial charge in [-0.1, -0.05) is 0 Å². The Morgan fingerprint density at radius 1 is 1.08 bits per heavy atom. The van der Waals surface area contributed by atoms with E-state index in [9.17, 15) is 9.59 Å². The van der Waals surface area contributed by atoms with Crippen molar-refractivity contribution in [3.05, 3.63) is 0 Å². The predicted octanol–water partition coefficient (Wildman–Crippen LogP) is 1.03. The molecule has 0 aromatic rings. The Labute approximate surface area is 157 Å². The first-order chi connectivity index (χ1) is 10.5. The first kappa shape index (κ1) is 23.4. The first-order valence-electron chi connectivity index (χ1n) is 8.46. The van der Waals surface area contributed by atoms with E-state index >= 15 is 0 Å². The highest BCUT2D eigenvalue weighted by molar-refractivity contribution is 5.88. The third-order valence-electron chi connectivity index (χ3n) is 4.98. The summed E-state index contributed by atoms with van der Waals surface area (Å²) in [4.78, 5) is 29.0. The molecule has 0 aromatic carbocycles. The molecule has 0 spiro atoms. The second-order valence-corrected chi connectivity index (χ2v) is 6.83. The third kappa shape index (κ3) is 5.48. The summed E-state index contributed by atoms with van der Waals surface area (Å²) in [5.41, 5.74) is -0.651. The van der Waals surface area contributed by atoms with Crippen LogP contribution in [0.15, 0.2) is 0 Å². The van der Waals surface area contributed by atoms with Crippen LogP contribution in [0.4, 0.5) is 0 Å². The molecule has 2 N–H and O–H groups in total. The topological polar surface area (TPSA) is 64.7 Å². The minimum Gasteiger partial charge on any atom is -0.358 e. The maximum absolute atomic E-state index is 12.5. The highest BCUT2D eigenvalue weighted by Gasteiger charge is 2.43. The number of nitrogens with one attached hydrogen (secondary N) is 2. The van der Waals surface area contributed by atoms with Crippen molar-refractivity contribution in [3.63, 3.8) is 0 Å². The van der Waals surface area contributed by atoms with E-state index in [0.29, 0.717) is 6.54 Å². The fraction of sp³-hybridized carbons (Fsp3) is 0.875. The molecule has 0 unspecified atom stereocenters. The smallest absolute Gasteiger partial charge is 0.239 e. The standard InChI is InChI=1S/C16H30N4O2.2ClH/c1-16(2,15(22)17-3)20-11-6-7-13(20)14(21)18-8-12-19-9-4-5-10-19;;/h13H,4-12H2,1-3H3,(H,17,22)(H,18,21);2*1H/t13-;;/m0../s1.